The maximum Gasteiger partial charge on any atom is 0.283 e. The van der Waals surface area contributed by atoms with Crippen LogP contribution in [0.2, 0.25) is 0 Å². The summed E-state index contributed by atoms with van der Waals surface area (Å²) in [5.74, 6) is -0.532. The molecule has 2 aromatic carbocycles. The van der Waals surface area contributed by atoms with Crippen LogP contribution in [0.15, 0.2) is 53.0 Å². The van der Waals surface area contributed by atoms with Crippen LogP contribution in [0, 0.1) is 0 Å². The summed E-state index contributed by atoms with van der Waals surface area (Å²) in [5.41, 5.74) is 4.89. The zero-order valence-corrected chi connectivity index (χ0v) is 15.6. The van der Waals surface area contributed by atoms with E-state index in [-0.39, 0.29) is 13.2 Å². The maximum atomic E-state index is 12.1. The molecule has 3 amide bonds. The van der Waals surface area contributed by atoms with E-state index in [4.69, 9.17) is 9.47 Å². The zero-order chi connectivity index (χ0) is 19.2. The van der Waals surface area contributed by atoms with Gasteiger partial charge in [-0.1, -0.05) is 34.1 Å². The highest BCUT2D eigenvalue weighted by Gasteiger charge is 2.27. The number of hydrazine groups is 1. The van der Waals surface area contributed by atoms with Crippen molar-refractivity contribution < 1.29 is 23.9 Å². The number of para-hydroxylation sites is 2. The SMILES string of the molecule is O=C(CNC(=O)c1cccc(Br)c1)NNC(=O)C1COc2ccccc2O1. The Bertz CT molecular complexity index is 874. The molecule has 1 aliphatic heterocycles. The largest absolute Gasteiger partial charge is 0.485 e. The Hall–Kier alpha value is -3.07. The van der Waals surface area contributed by atoms with Crippen molar-refractivity contribution in [3.05, 3.63) is 58.6 Å². The average molecular weight is 434 g/mol. The van der Waals surface area contributed by atoms with Gasteiger partial charge >= 0.3 is 0 Å². The van der Waals surface area contributed by atoms with Crippen LogP contribution in [0.1, 0.15) is 10.4 Å². The number of ether oxygens (including phenoxy) is 2. The molecule has 8 nitrogen and oxygen atoms in total. The smallest absolute Gasteiger partial charge is 0.283 e. The molecule has 0 saturated heterocycles. The summed E-state index contributed by atoms with van der Waals surface area (Å²) < 4.78 is 11.7. The second-order valence-corrected chi connectivity index (χ2v) is 6.51. The van der Waals surface area contributed by atoms with Gasteiger partial charge in [-0.05, 0) is 30.3 Å². The molecule has 1 aliphatic rings. The van der Waals surface area contributed by atoms with Gasteiger partial charge in [0.1, 0.15) is 6.61 Å². The first-order valence-electron chi connectivity index (χ1n) is 8.04. The van der Waals surface area contributed by atoms with E-state index >= 15 is 0 Å². The lowest BCUT2D eigenvalue weighted by Gasteiger charge is -2.25. The minimum absolute atomic E-state index is 0.0261. The van der Waals surface area contributed by atoms with Gasteiger partial charge in [-0.15, -0.1) is 0 Å². The van der Waals surface area contributed by atoms with Crippen LogP contribution < -0.4 is 25.6 Å². The van der Waals surface area contributed by atoms with E-state index in [1.165, 1.54) is 0 Å². The van der Waals surface area contributed by atoms with Crippen LogP contribution >= 0.6 is 15.9 Å². The van der Waals surface area contributed by atoms with Gasteiger partial charge in [0.25, 0.3) is 17.7 Å². The predicted octanol–water partition coefficient (Wildman–Crippen LogP) is 1.17. The average Bonchev–Trinajstić information content (AvgIpc) is 2.69. The van der Waals surface area contributed by atoms with E-state index in [0.29, 0.717) is 17.1 Å². The standard InChI is InChI=1S/C18H16BrN3O5/c19-12-5-3-4-11(8-12)17(24)20-9-16(23)21-22-18(25)15-10-26-13-6-1-2-7-14(13)27-15/h1-8,15H,9-10H2,(H,20,24)(H,21,23)(H,22,25). The van der Waals surface area contributed by atoms with Gasteiger partial charge < -0.3 is 14.8 Å². The Morgan fingerprint density at radius 1 is 1.04 bits per heavy atom. The summed E-state index contributed by atoms with van der Waals surface area (Å²) in [6.45, 7) is -0.269. The minimum atomic E-state index is -0.892. The number of carbonyl (C=O) groups excluding carboxylic acids is 3. The summed E-state index contributed by atoms with van der Waals surface area (Å²) in [5, 5.41) is 2.46. The molecule has 0 aromatic heterocycles. The molecule has 9 heteroatoms. The highest BCUT2D eigenvalue weighted by molar-refractivity contribution is 9.10. The monoisotopic (exact) mass is 433 g/mol. The molecule has 27 heavy (non-hydrogen) atoms. The van der Waals surface area contributed by atoms with E-state index < -0.39 is 23.8 Å². The van der Waals surface area contributed by atoms with E-state index in [1.54, 1.807) is 48.5 Å². The molecule has 0 aliphatic carbocycles. The van der Waals surface area contributed by atoms with Crippen molar-refractivity contribution in [2.75, 3.05) is 13.2 Å². The first-order chi connectivity index (χ1) is 13.0. The van der Waals surface area contributed by atoms with Gasteiger partial charge in [0.2, 0.25) is 6.10 Å². The normalized spacial score (nSPS) is 14.8. The van der Waals surface area contributed by atoms with Crippen molar-refractivity contribution in [1.82, 2.24) is 16.2 Å². The molecule has 0 fully saturated rings. The Morgan fingerprint density at radius 3 is 2.59 bits per heavy atom. The van der Waals surface area contributed by atoms with Gasteiger partial charge in [0.05, 0.1) is 6.54 Å². The van der Waals surface area contributed by atoms with Crippen LogP contribution in [-0.2, 0) is 9.59 Å². The molecule has 3 N–H and O–H groups in total. The van der Waals surface area contributed by atoms with Crippen LogP contribution in [0.25, 0.3) is 0 Å². The molecule has 1 atom stereocenters. The lowest BCUT2D eigenvalue weighted by Crippen LogP contribution is -2.52. The minimum Gasteiger partial charge on any atom is -0.485 e. The van der Waals surface area contributed by atoms with Crippen molar-refractivity contribution >= 4 is 33.7 Å². The molecular weight excluding hydrogens is 418 g/mol. The third-order valence-electron chi connectivity index (χ3n) is 3.62. The van der Waals surface area contributed by atoms with E-state index in [9.17, 15) is 14.4 Å². The second kappa shape index (κ2) is 8.54. The third-order valence-corrected chi connectivity index (χ3v) is 4.12. The molecule has 0 saturated carbocycles. The topological polar surface area (TPSA) is 106 Å². The zero-order valence-electron chi connectivity index (χ0n) is 14.0. The van der Waals surface area contributed by atoms with Gasteiger partial charge in [-0.25, -0.2) is 0 Å². The molecular formula is C18H16BrN3O5. The molecule has 3 rings (SSSR count). The van der Waals surface area contributed by atoms with Crippen LogP contribution in [0.3, 0.4) is 0 Å². The second-order valence-electron chi connectivity index (χ2n) is 5.59. The Kier molecular flexibility index (Phi) is 5.92. The summed E-state index contributed by atoms with van der Waals surface area (Å²) >= 11 is 3.27. The summed E-state index contributed by atoms with van der Waals surface area (Å²) in [4.78, 5) is 35.9. The summed E-state index contributed by atoms with van der Waals surface area (Å²) in [7, 11) is 0. The molecule has 1 unspecified atom stereocenters. The van der Waals surface area contributed by atoms with Crippen molar-refractivity contribution in [2.24, 2.45) is 0 Å². The van der Waals surface area contributed by atoms with Crippen molar-refractivity contribution in [1.29, 1.82) is 0 Å². The van der Waals surface area contributed by atoms with Gasteiger partial charge in [0, 0.05) is 10.0 Å². The predicted molar refractivity (Wildman–Crippen MR) is 99.1 cm³/mol. The summed E-state index contributed by atoms with van der Waals surface area (Å²) in [6.07, 6.45) is -0.892. The number of benzene rings is 2. The number of fused-ring (bicyclic) bond motifs is 1. The third kappa shape index (κ3) is 4.98. The molecule has 1 heterocycles. The maximum absolute atomic E-state index is 12.1. The number of hydrogen-bond donors (Lipinski definition) is 3. The number of nitrogens with one attached hydrogen (secondary N) is 3. The molecule has 0 bridgehead atoms. The lowest BCUT2D eigenvalue weighted by atomic mass is 10.2. The Morgan fingerprint density at radius 2 is 1.81 bits per heavy atom. The van der Waals surface area contributed by atoms with Gasteiger partial charge in [0.15, 0.2) is 11.5 Å². The molecule has 2 aromatic rings. The molecule has 0 radical (unpaired) electrons. The summed E-state index contributed by atoms with van der Waals surface area (Å²) in [6, 6.07) is 13.7. The highest BCUT2D eigenvalue weighted by Crippen LogP contribution is 2.30. The fourth-order valence-electron chi connectivity index (χ4n) is 2.30. The Labute approximate surface area is 163 Å². The molecule has 140 valence electrons. The highest BCUT2D eigenvalue weighted by atomic mass is 79.9. The number of hydrogen-bond acceptors (Lipinski definition) is 5. The van der Waals surface area contributed by atoms with Crippen LogP contribution in [0.4, 0.5) is 0 Å². The fourth-order valence-corrected chi connectivity index (χ4v) is 2.70. The van der Waals surface area contributed by atoms with Crippen molar-refractivity contribution in [3.8, 4) is 11.5 Å². The van der Waals surface area contributed by atoms with Gasteiger partial charge in [-0.2, -0.15) is 0 Å². The Balaban J connectivity index is 1.43. The molecule has 0 spiro atoms. The van der Waals surface area contributed by atoms with Crippen molar-refractivity contribution in [3.63, 3.8) is 0 Å². The van der Waals surface area contributed by atoms with Gasteiger partial charge in [-0.3, -0.25) is 25.2 Å². The van der Waals surface area contributed by atoms with Crippen LogP contribution in [0.5, 0.6) is 11.5 Å². The van der Waals surface area contributed by atoms with Crippen molar-refractivity contribution in [2.45, 2.75) is 6.10 Å². The van der Waals surface area contributed by atoms with Crippen LogP contribution in [-0.4, -0.2) is 37.0 Å². The van der Waals surface area contributed by atoms with E-state index in [2.05, 4.69) is 32.1 Å². The van der Waals surface area contributed by atoms with E-state index in [1.807, 2.05) is 0 Å². The lowest BCUT2D eigenvalue weighted by molar-refractivity contribution is -0.134. The quantitative estimate of drug-likeness (QED) is 0.627. The fraction of sp³-hybridized carbons (Fsp3) is 0.167. The number of carbonyl (C=O) groups is 3. The number of rotatable bonds is 4. The number of halogens is 1. The number of amides is 3. The van der Waals surface area contributed by atoms with E-state index in [0.717, 1.165) is 4.47 Å². The first-order valence-corrected chi connectivity index (χ1v) is 8.83. The first kappa shape index (κ1) is 18.7.